The van der Waals surface area contributed by atoms with Gasteiger partial charge in [-0.2, -0.15) is 4.31 Å². The molecule has 21 heteroatoms. The molecule has 0 aliphatic carbocycles. The van der Waals surface area contributed by atoms with E-state index in [1.807, 2.05) is 0 Å². The quantitative estimate of drug-likeness (QED) is 0.180. The van der Waals surface area contributed by atoms with E-state index in [0.717, 1.165) is 10.9 Å². The molecule has 0 spiro atoms. The molecule has 1 fully saturated rings. The van der Waals surface area contributed by atoms with Crippen LogP contribution >= 0.6 is 23.4 Å². The molecule has 0 aromatic carbocycles. The minimum atomic E-state index is -5.38. The molecule has 2 aromatic heterocycles. The van der Waals surface area contributed by atoms with Crippen LogP contribution < -0.4 is 5.49 Å². The molecule has 31 heavy (non-hydrogen) atoms. The SMILES string of the molecule is N=c1ncn(P(=O)(O)O)c2c1ncn2[C@@H]1O[C@H](COP(=O)(O)OP(=O)(O)O)[C@@H](O)[C@H]1O. The first-order chi connectivity index (χ1) is 14.1. The third-order valence-corrected chi connectivity index (χ3v) is 7.01. The first-order valence-electron chi connectivity index (χ1n) is 7.92. The van der Waals surface area contributed by atoms with Crippen LogP contribution in [0.3, 0.4) is 0 Å². The molecule has 0 radical (unpaired) electrons. The van der Waals surface area contributed by atoms with Gasteiger partial charge in [-0.05, 0) is 0 Å². The summed E-state index contributed by atoms with van der Waals surface area (Å²) in [6.45, 7) is -0.973. The maximum atomic E-state index is 11.8. The van der Waals surface area contributed by atoms with Gasteiger partial charge in [-0.25, -0.2) is 28.0 Å². The number of phosphoric acid groups is 2. The van der Waals surface area contributed by atoms with Crippen molar-refractivity contribution in [1.82, 2.24) is 18.9 Å². The molecule has 1 saturated heterocycles. The zero-order valence-corrected chi connectivity index (χ0v) is 17.6. The van der Waals surface area contributed by atoms with Crippen LogP contribution in [0.2, 0.25) is 0 Å². The summed E-state index contributed by atoms with van der Waals surface area (Å²) in [7, 11) is -15.6. The Bertz CT molecular complexity index is 1180. The first kappa shape index (κ1) is 24.3. The number of nitrogens with zero attached hydrogens (tertiary/aromatic N) is 4. The summed E-state index contributed by atoms with van der Waals surface area (Å²) < 4.78 is 48.5. The summed E-state index contributed by atoms with van der Waals surface area (Å²) >= 11 is 0. The molecular weight excluding hydrogens is 491 g/mol. The molecule has 0 bridgehead atoms. The second kappa shape index (κ2) is 8.20. The number of rotatable bonds is 7. The average Bonchev–Trinajstić information content (AvgIpc) is 3.14. The van der Waals surface area contributed by atoms with Crippen molar-refractivity contribution in [2.45, 2.75) is 24.5 Å². The predicted octanol–water partition coefficient (Wildman–Crippen LogP) is -2.50. The lowest BCUT2D eigenvalue weighted by molar-refractivity contribution is -0.0504. The third-order valence-electron chi connectivity index (χ3n) is 4.01. The molecule has 3 heterocycles. The Kier molecular flexibility index (Phi) is 6.43. The lowest BCUT2D eigenvalue weighted by atomic mass is 10.1. The monoisotopic (exact) mass is 507 g/mol. The van der Waals surface area contributed by atoms with E-state index in [1.165, 1.54) is 0 Å². The number of aromatic nitrogens is 4. The van der Waals surface area contributed by atoms with E-state index >= 15 is 0 Å². The minimum absolute atomic E-state index is 0.272. The number of hydrogen-bond acceptors (Lipinski definition) is 11. The predicted molar refractivity (Wildman–Crippen MR) is 93.6 cm³/mol. The smallest absolute Gasteiger partial charge is 0.387 e. The molecule has 0 amide bonds. The van der Waals surface area contributed by atoms with Crippen LogP contribution in [0, 0.1) is 5.41 Å². The molecular formula is C10H16N5O13P3. The lowest BCUT2D eigenvalue weighted by Crippen LogP contribution is -2.33. The molecule has 1 aliphatic heterocycles. The largest absolute Gasteiger partial charge is 0.481 e. The van der Waals surface area contributed by atoms with Crippen molar-refractivity contribution in [1.29, 1.82) is 5.41 Å². The van der Waals surface area contributed by atoms with E-state index in [-0.39, 0.29) is 11.2 Å². The highest BCUT2D eigenvalue weighted by Gasteiger charge is 2.46. The summed E-state index contributed by atoms with van der Waals surface area (Å²) in [4.78, 5) is 52.8. The van der Waals surface area contributed by atoms with Gasteiger partial charge in [-0.1, -0.05) is 0 Å². The van der Waals surface area contributed by atoms with Gasteiger partial charge < -0.3 is 39.4 Å². The lowest BCUT2D eigenvalue weighted by Gasteiger charge is -2.19. The van der Waals surface area contributed by atoms with Crippen LogP contribution in [0.5, 0.6) is 0 Å². The molecule has 8 N–H and O–H groups in total. The van der Waals surface area contributed by atoms with E-state index in [4.69, 9.17) is 19.9 Å². The Labute approximate surface area is 170 Å². The molecule has 0 saturated carbocycles. The number of fused-ring (bicyclic) bond motifs is 1. The van der Waals surface area contributed by atoms with Gasteiger partial charge in [0, 0.05) is 0 Å². The van der Waals surface area contributed by atoms with Gasteiger partial charge in [0.25, 0.3) is 0 Å². The van der Waals surface area contributed by atoms with Crippen LogP contribution in [0.4, 0.5) is 0 Å². The summed E-state index contributed by atoms with van der Waals surface area (Å²) in [6.07, 6.45) is -5.04. The fourth-order valence-electron chi connectivity index (χ4n) is 2.78. The maximum absolute atomic E-state index is 11.8. The summed E-state index contributed by atoms with van der Waals surface area (Å²) in [5.41, 5.74) is -1.11. The third kappa shape index (κ3) is 5.18. The molecule has 174 valence electrons. The zero-order valence-electron chi connectivity index (χ0n) is 14.9. The number of phosphoric ester groups is 1. The van der Waals surface area contributed by atoms with Gasteiger partial charge in [0.2, 0.25) is 0 Å². The normalized spacial score (nSPS) is 26.9. The highest BCUT2D eigenvalue weighted by Crippen LogP contribution is 2.57. The van der Waals surface area contributed by atoms with Crippen molar-refractivity contribution in [3.05, 3.63) is 18.1 Å². The number of aliphatic hydroxyl groups is 2. The Morgan fingerprint density at radius 2 is 1.71 bits per heavy atom. The fourth-order valence-corrected chi connectivity index (χ4v) is 5.01. The molecule has 18 nitrogen and oxygen atoms in total. The number of nitrogens with one attached hydrogen (secondary N) is 1. The van der Waals surface area contributed by atoms with Crippen LogP contribution in [-0.2, 0) is 27.3 Å². The van der Waals surface area contributed by atoms with Crippen molar-refractivity contribution in [3.63, 3.8) is 0 Å². The second-order valence-electron chi connectivity index (χ2n) is 6.16. The zero-order chi connectivity index (χ0) is 23.4. The topological polar surface area (TPSA) is 280 Å². The van der Waals surface area contributed by atoms with Crippen molar-refractivity contribution in [2.24, 2.45) is 0 Å². The number of hydrogen-bond donors (Lipinski definition) is 8. The van der Waals surface area contributed by atoms with E-state index in [0.29, 0.717) is 10.7 Å². The Morgan fingerprint density at radius 1 is 1.06 bits per heavy atom. The van der Waals surface area contributed by atoms with Gasteiger partial charge in [-0.3, -0.25) is 14.5 Å². The highest BCUT2D eigenvalue weighted by molar-refractivity contribution is 7.60. The number of imidazole rings is 1. The average molecular weight is 507 g/mol. The standard InChI is InChI=1S/C10H16N5O13P3/c11-8-5-9(15(3-13-8)29(18,19)20)14(2-12-5)10-7(17)6(16)4(27-10)1-26-31(24,25)28-30(21,22)23/h2-4,6-7,10-11,16-17H,1H2,(H,24,25)(H2,18,19,20)(H2,21,22,23)/t4-,6-,7-,10-/m1/s1. The van der Waals surface area contributed by atoms with E-state index in [1.54, 1.807) is 0 Å². The van der Waals surface area contributed by atoms with Crippen LogP contribution in [0.25, 0.3) is 11.2 Å². The van der Waals surface area contributed by atoms with E-state index < -0.39 is 60.0 Å². The molecule has 2 aromatic rings. The highest BCUT2D eigenvalue weighted by atomic mass is 31.3. The van der Waals surface area contributed by atoms with Crippen LogP contribution in [0.1, 0.15) is 6.23 Å². The van der Waals surface area contributed by atoms with Gasteiger partial charge in [-0.15, -0.1) is 0 Å². The molecule has 1 unspecified atom stereocenters. The Hall–Kier alpha value is -1.36. The van der Waals surface area contributed by atoms with Crippen molar-refractivity contribution >= 4 is 34.6 Å². The first-order valence-corrected chi connectivity index (χ1v) is 12.5. The van der Waals surface area contributed by atoms with Gasteiger partial charge >= 0.3 is 23.4 Å². The number of ether oxygens (including phenoxy) is 1. The van der Waals surface area contributed by atoms with Gasteiger partial charge in [0.1, 0.15) is 24.6 Å². The van der Waals surface area contributed by atoms with E-state index in [2.05, 4.69) is 18.8 Å². The van der Waals surface area contributed by atoms with Crippen molar-refractivity contribution < 1.29 is 61.9 Å². The van der Waals surface area contributed by atoms with Gasteiger partial charge in [0.05, 0.1) is 12.9 Å². The molecule has 3 rings (SSSR count). The van der Waals surface area contributed by atoms with Crippen LogP contribution in [-0.4, -0.2) is 78.5 Å². The second-order valence-corrected chi connectivity index (χ2v) is 10.4. The van der Waals surface area contributed by atoms with Crippen molar-refractivity contribution in [3.8, 4) is 0 Å². The Morgan fingerprint density at radius 3 is 2.29 bits per heavy atom. The van der Waals surface area contributed by atoms with Crippen LogP contribution in [0.15, 0.2) is 12.7 Å². The fraction of sp³-hybridized carbons (Fsp3) is 0.500. The Balaban J connectivity index is 1.90. The minimum Gasteiger partial charge on any atom is -0.387 e. The van der Waals surface area contributed by atoms with Crippen molar-refractivity contribution in [2.75, 3.05) is 6.61 Å². The molecule has 1 aliphatic rings. The molecule has 5 atom stereocenters. The van der Waals surface area contributed by atoms with Gasteiger partial charge in [0.15, 0.2) is 22.9 Å². The summed E-state index contributed by atoms with van der Waals surface area (Å²) in [6, 6.07) is 0. The number of aliphatic hydroxyl groups excluding tert-OH is 2. The summed E-state index contributed by atoms with van der Waals surface area (Å²) in [5, 5.41) is 28.2. The summed E-state index contributed by atoms with van der Waals surface area (Å²) in [5.74, 6) is 0. The van der Waals surface area contributed by atoms with E-state index in [9.17, 15) is 38.6 Å². The maximum Gasteiger partial charge on any atom is 0.481 e.